The summed E-state index contributed by atoms with van der Waals surface area (Å²) in [4.78, 5) is 24.3. The van der Waals surface area contributed by atoms with Crippen LogP contribution in [0.25, 0.3) is 0 Å². The van der Waals surface area contributed by atoms with Gasteiger partial charge in [0.25, 0.3) is 0 Å². The average Bonchev–Trinajstić information content (AvgIpc) is 2.47. The molecule has 5 nitrogen and oxygen atoms in total. The highest BCUT2D eigenvalue weighted by molar-refractivity contribution is 6.80. The van der Waals surface area contributed by atoms with Gasteiger partial charge in [0.05, 0.1) is 12.5 Å². The van der Waals surface area contributed by atoms with E-state index in [2.05, 4.69) is 45.0 Å². The second-order valence-electron chi connectivity index (χ2n) is 8.01. The van der Waals surface area contributed by atoms with Crippen molar-refractivity contribution in [2.75, 3.05) is 13.2 Å². The molecule has 26 heavy (non-hydrogen) atoms. The van der Waals surface area contributed by atoms with Gasteiger partial charge in [0.15, 0.2) is 8.24 Å². The minimum Gasteiger partial charge on any atom is -0.434 e. The highest BCUT2D eigenvalue weighted by Crippen LogP contribution is 2.46. The van der Waals surface area contributed by atoms with Gasteiger partial charge in [-0.25, -0.2) is 4.79 Å². The predicted molar refractivity (Wildman–Crippen MR) is 108 cm³/mol. The Morgan fingerprint density at radius 1 is 1.27 bits per heavy atom. The lowest BCUT2D eigenvalue weighted by molar-refractivity contribution is -0.149. The number of carbonyl (C=O) groups excluding carboxylic acids is 2. The molecule has 2 atom stereocenters. The number of rotatable bonds is 7. The fourth-order valence-corrected chi connectivity index (χ4v) is 5.58. The lowest BCUT2D eigenvalue weighted by atomic mass is 9.85. The van der Waals surface area contributed by atoms with Gasteiger partial charge in [-0.1, -0.05) is 74.7 Å². The number of alkyl halides is 3. The van der Waals surface area contributed by atoms with Crippen LogP contribution in [0.2, 0.25) is 18.1 Å². The van der Waals surface area contributed by atoms with E-state index in [0.717, 1.165) is 6.42 Å². The van der Waals surface area contributed by atoms with E-state index in [-0.39, 0.29) is 29.5 Å². The number of nitrogens with zero attached hydrogens (tertiary/aromatic N) is 1. The van der Waals surface area contributed by atoms with Gasteiger partial charge in [-0.05, 0) is 17.9 Å². The summed E-state index contributed by atoms with van der Waals surface area (Å²) < 4.78 is 10.1. The molecule has 150 valence electrons. The normalized spacial score (nSPS) is 21.2. The van der Waals surface area contributed by atoms with Crippen molar-refractivity contribution >= 4 is 55.1 Å². The average molecular weight is 445 g/mol. The van der Waals surface area contributed by atoms with Crippen LogP contribution in [-0.4, -0.2) is 47.9 Å². The molecule has 0 saturated carbocycles. The zero-order valence-electron chi connectivity index (χ0n) is 16.0. The Labute approximate surface area is 172 Å². The molecule has 1 fully saturated rings. The van der Waals surface area contributed by atoms with Crippen LogP contribution in [0, 0.1) is 5.92 Å². The first kappa shape index (κ1) is 23.6. The Morgan fingerprint density at radius 3 is 2.31 bits per heavy atom. The van der Waals surface area contributed by atoms with Gasteiger partial charge in [0.1, 0.15) is 6.61 Å². The summed E-state index contributed by atoms with van der Waals surface area (Å²) in [5, 5.41) is 0.0601. The van der Waals surface area contributed by atoms with E-state index in [9.17, 15) is 9.59 Å². The Bertz CT molecular complexity index is 543. The Morgan fingerprint density at radius 2 is 1.85 bits per heavy atom. The van der Waals surface area contributed by atoms with Gasteiger partial charge in [0.2, 0.25) is 9.70 Å². The third-order valence-corrected chi connectivity index (χ3v) is 11.0. The van der Waals surface area contributed by atoms with E-state index < -0.39 is 24.8 Å². The molecule has 9 heteroatoms. The number of halogens is 3. The molecule has 0 spiro atoms. The Hall–Kier alpha value is -0.433. The monoisotopic (exact) mass is 443 g/mol. The Kier molecular flexibility index (Phi) is 7.91. The van der Waals surface area contributed by atoms with E-state index in [0.29, 0.717) is 6.42 Å². The smallest absolute Gasteiger partial charge is 0.434 e. The van der Waals surface area contributed by atoms with Gasteiger partial charge < -0.3 is 14.0 Å². The molecule has 1 aliphatic rings. The molecule has 1 amide bonds. The first-order chi connectivity index (χ1) is 11.7. The zero-order chi connectivity index (χ0) is 20.3. The van der Waals surface area contributed by atoms with Crippen molar-refractivity contribution in [3.63, 3.8) is 0 Å². The van der Waals surface area contributed by atoms with Crippen molar-refractivity contribution in [3.05, 3.63) is 12.7 Å². The number of hydrogen-bond acceptors (Lipinski definition) is 4. The standard InChI is InChI=1S/C17H28Cl3NO4Si/c1-7-8-13-12(9-10-24-15(23)25-11-17(18,19)20)14(22)21(13)26(5,6)16(2,3)4/h7,12-13H,1,8-11H2,2-6H3/t12-,13+/m0/s1. The zero-order valence-corrected chi connectivity index (χ0v) is 19.2. The van der Waals surface area contributed by atoms with Crippen molar-refractivity contribution in [3.8, 4) is 0 Å². The highest BCUT2D eigenvalue weighted by atomic mass is 35.6. The third-order valence-electron chi connectivity index (χ3n) is 5.20. The van der Waals surface area contributed by atoms with Crippen LogP contribution >= 0.6 is 34.8 Å². The molecule has 1 rings (SSSR count). The van der Waals surface area contributed by atoms with Crippen LogP contribution in [0.5, 0.6) is 0 Å². The van der Waals surface area contributed by atoms with Crippen LogP contribution in [0.4, 0.5) is 4.79 Å². The molecule has 0 aromatic rings. The highest BCUT2D eigenvalue weighted by Gasteiger charge is 2.56. The molecular formula is C17H28Cl3NO4Si. The van der Waals surface area contributed by atoms with Gasteiger partial charge in [-0.3, -0.25) is 4.79 Å². The molecule has 0 aliphatic carbocycles. The van der Waals surface area contributed by atoms with Crippen molar-refractivity contribution in [2.45, 2.75) is 61.6 Å². The van der Waals surface area contributed by atoms with Crippen LogP contribution in [0.1, 0.15) is 33.6 Å². The molecule has 1 saturated heterocycles. The van der Waals surface area contributed by atoms with Crippen molar-refractivity contribution in [1.29, 1.82) is 0 Å². The maximum atomic E-state index is 12.8. The van der Waals surface area contributed by atoms with Crippen LogP contribution in [0.15, 0.2) is 12.7 Å². The first-order valence-electron chi connectivity index (χ1n) is 8.52. The van der Waals surface area contributed by atoms with Gasteiger partial charge in [-0.2, -0.15) is 0 Å². The second-order valence-corrected chi connectivity index (χ2v) is 15.6. The molecule has 0 radical (unpaired) electrons. The third kappa shape index (κ3) is 5.78. The maximum Gasteiger partial charge on any atom is 0.508 e. The van der Waals surface area contributed by atoms with E-state index in [1.54, 1.807) is 0 Å². The maximum absolute atomic E-state index is 12.8. The predicted octanol–water partition coefficient (Wildman–Crippen LogP) is 5.31. The number of ether oxygens (including phenoxy) is 2. The van der Waals surface area contributed by atoms with Crippen LogP contribution < -0.4 is 0 Å². The minimum atomic E-state index is -1.96. The molecule has 0 aromatic carbocycles. The largest absolute Gasteiger partial charge is 0.508 e. The van der Waals surface area contributed by atoms with E-state index in [1.807, 2.05) is 6.08 Å². The molecule has 0 unspecified atom stereocenters. The molecule has 1 heterocycles. The quantitative estimate of drug-likeness (QED) is 0.175. The topological polar surface area (TPSA) is 55.8 Å². The SMILES string of the molecule is C=CC[C@@H]1[C@H](CCOC(=O)OCC(Cl)(Cl)Cl)C(=O)N1[Si](C)(C)C(C)(C)C. The van der Waals surface area contributed by atoms with Crippen molar-refractivity contribution in [2.24, 2.45) is 5.92 Å². The minimum absolute atomic E-state index is 0.0601. The first-order valence-corrected chi connectivity index (χ1v) is 12.6. The molecule has 1 aliphatic heterocycles. The summed E-state index contributed by atoms with van der Waals surface area (Å²) in [6.07, 6.45) is 2.08. The van der Waals surface area contributed by atoms with Crippen molar-refractivity contribution < 1.29 is 19.1 Å². The molecular weight excluding hydrogens is 417 g/mol. The number of amides is 1. The molecule has 0 N–H and O–H groups in total. The van der Waals surface area contributed by atoms with E-state index in [1.165, 1.54) is 0 Å². The summed E-state index contributed by atoms with van der Waals surface area (Å²) in [5.74, 6) is -0.0511. The lowest BCUT2D eigenvalue weighted by Crippen LogP contribution is -2.72. The lowest BCUT2D eigenvalue weighted by Gasteiger charge is -2.58. The summed E-state index contributed by atoms with van der Waals surface area (Å²) in [5.41, 5.74) is 0. The van der Waals surface area contributed by atoms with Crippen LogP contribution in [0.3, 0.4) is 0 Å². The fraction of sp³-hybridized carbons (Fsp3) is 0.765. The van der Waals surface area contributed by atoms with E-state index >= 15 is 0 Å². The number of β-lactam (4-membered cyclic amide) rings is 1. The van der Waals surface area contributed by atoms with Gasteiger partial charge in [0, 0.05) is 6.04 Å². The Balaban J connectivity index is 2.62. The van der Waals surface area contributed by atoms with E-state index in [4.69, 9.17) is 44.3 Å². The summed E-state index contributed by atoms with van der Waals surface area (Å²) in [6.45, 7) is 14.4. The van der Waals surface area contributed by atoms with Gasteiger partial charge >= 0.3 is 6.16 Å². The second kappa shape index (κ2) is 8.72. The summed E-state index contributed by atoms with van der Waals surface area (Å²) in [7, 11) is -1.96. The van der Waals surface area contributed by atoms with Gasteiger partial charge in [-0.15, -0.1) is 6.58 Å². The fourth-order valence-electron chi connectivity index (χ4n) is 2.86. The van der Waals surface area contributed by atoms with Crippen LogP contribution in [-0.2, 0) is 14.3 Å². The molecule has 0 bridgehead atoms. The molecule has 0 aromatic heterocycles. The van der Waals surface area contributed by atoms with Crippen molar-refractivity contribution in [1.82, 2.24) is 4.57 Å². The summed E-state index contributed by atoms with van der Waals surface area (Å²) >= 11 is 16.5. The number of hydrogen-bond donors (Lipinski definition) is 0. The number of carbonyl (C=O) groups is 2. The summed E-state index contributed by atoms with van der Waals surface area (Å²) in [6, 6.07) is 0.0988.